The summed E-state index contributed by atoms with van der Waals surface area (Å²) in [5.74, 6) is -0.700. The number of amides is 1. The lowest BCUT2D eigenvalue weighted by molar-refractivity contribution is -0.144. The van der Waals surface area contributed by atoms with Gasteiger partial charge < -0.3 is 14.7 Å². The van der Waals surface area contributed by atoms with Gasteiger partial charge in [-0.25, -0.2) is 0 Å². The number of nitrogens with zero attached hydrogens (tertiary/aromatic N) is 1. The highest BCUT2D eigenvalue weighted by molar-refractivity contribution is 5.92. The van der Waals surface area contributed by atoms with Crippen LogP contribution < -0.4 is 4.74 Å². The maximum atomic E-state index is 12.1. The number of benzene rings is 1. The Labute approximate surface area is 123 Å². The highest BCUT2D eigenvalue weighted by atomic mass is 16.5. The number of hydrogen-bond acceptors (Lipinski definition) is 3. The summed E-state index contributed by atoms with van der Waals surface area (Å²) >= 11 is 0. The number of ether oxygens (including phenoxy) is 1. The van der Waals surface area contributed by atoms with Gasteiger partial charge in [-0.15, -0.1) is 0 Å². The van der Waals surface area contributed by atoms with Crippen LogP contribution in [0.2, 0.25) is 0 Å². The Morgan fingerprint density at radius 1 is 1.43 bits per heavy atom. The minimum Gasteiger partial charge on any atom is -0.497 e. The van der Waals surface area contributed by atoms with Gasteiger partial charge in [-0.3, -0.25) is 9.59 Å². The van der Waals surface area contributed by atoms with Crippen molar-refractivity contribution in [3.63, 3.8) is 0 Å². The van der Waals surface area contributed by atoms with E-state index in [0.29, 0.717) is 13.0 Å². The van der Waals surface area contributed by atoms with Crippen molar-refractivity contribution in [2.75, 3.05) is 20.2 Å². The van der Waals surface area contributed by atoms with E-state index in [2.05, 4.69) is 0 Å². The molecule has 1 amide bonds. The van der Waals surface area contributed by atoms with E-state index in [-0.39, 0.29) is 12.5 Å². The number of rotatable bonds is 4. The van der Waals surface area contributed by atoms with Gasteiger partial charge in [0.25, 0.3) is 0 Å². The first kappa shape index (κ1) is 15.1. The third-order valence-electron chi connectivity index (χ3n) is 3.59. The number of carbonyl (C=O) groups is 2. The molecule has 0 aromatic heterocycles. The van der Waals surface area contributed by atoms with Crippen molar-refractivity contribution in [1.82, 2.24) is 4.90 Å². The second kappa shape index (κ2) is 6.92. The molecule has 5 nitrogen and oxygen atoms in total. The summed E-state index contributed by atoms with van der Waals surface area (Å²) in [6, 6.07) is 7.40. The second-order valence-electron chi connectivity index (χ2n) is 5.07. The van der Waals surface area contributed by atoms with Crippen LogP contribution in [0.5, 0.6) is 5.75 Å². The van der Waals surface area contributed by atoms with Crippen LogP contribution in [0.4, 0.5) is 0 Å². The van der Waals surface area contributed by atoms with Crippen molar-refractivity contribution in [2.24, 2.45) is 5.92 Å². The maximum Gasteiger partial charge on any atom is 0.308 e. The van der Waals surface area contributed by atoms with Crippen molar-refractivity contribution in [1.29, 1.82) is 0 Å². The Bertz CT molecular complexity index is 553. The molecule has 0 spiro atoms. The Balaban J connectivity index is 1.99. The molecule has 21 heavy (non-hydrogen) atoms. The minimum atomic E-state index is -0.829. The molecule has 5 heteroatoms. The number of likely N-dealkylation sites (tertiary alicyclic amines) is 1. The van der Waals surface area contributed by atoms with Crippen molar-refractivity contribution in [3.05, 3.63) is 35.9 Å². The van der Waals surface area contributed by atoms with Gasteiger partial charge in [0.05, 0.1) is 13.0 Å². The summed E-state index contributed by atoms with van der Waals surface area (Å²) < 4.78 is 5.12. The molecule has 1 N–H and O–H groups in total. The third kappa shape index (κ3) is 4.08. The van der Waals surface area contributed by atoms with E-state index in [4.69, 9.17) is 9.84 Å². The molecular formula is C16H19NO4. The minimum absolute atomic E-state index is 0.149. The standard InChI is InChI=1S/C16H19NO4/c1-21-14-6-2-4-12(10-14)7-8-15(18)17-9-3-5-13(11-17)16(19)20/h2,4,6-8,10,13H,3,5,9,11H2,1H3,(H,19,20). The number of carboxylic acid groups (broad SMARTS) is 1. The quantitative estimate of drug-likeness (QED) is 0.861. The lowest BCUT2D eigenvalue weighted by Crippen LogP contribution is -2.41. The zero-order valence-corrected chi connectivity index (χ0v) is 12.0. The van der Waals surface area contributed by atoms with Gasteiger partial charge in [-0.2, -0.15) is 0 Å². The molecule has 0 aliphatic carbocycles. The Kier molecular flexibility index (Phi) is 4.98. The van der Waals surface area contributed by atoms with E-state index < -0.39 is 11.9 Å². The second-order valence-corrected chi connectivity index (χ2v) is 5.07. The van der Waals surface area contributed by atoms with Crippen LogP contribution in [0.1, 0.15) is 18.4 Å². The SMILES string of the molecule is COc1cccc(C=CC(=O)N2CCCC(C(=O)O)C2)c1. The van der Waals surface area contributed by atoms with Crippen LogP contribution in [0, 0.1) is 5.92 Å². The zero-order valence-electron chi connectivity index (χ0n) is 12.0. The fourth-order valence-electron chi connectivity index (χ4n) is 2.40. The molecule has 1 aliphatic heterocycles. The van der Waals surface area contributed by atoms with Crippen LogP contribution in [0.15, 0.2) is 30.3 Å². The zero-order chi connectivity index (χ0) is 15.2. The lowest BCUT2D eigenvalue weighted by Gasteiger charge is -2.29. The topological polar surface area (TPSA) is 66.8 Å². The molecule has 1 atom stereocenters. The molecule has 0 saturated carbocycles. The Morgan fingerprint density at radius 3 is 2.95 bits per heavy atom. The number of aliphatic carboxylic acids is 1. The predicted octanol–water partition coefficient (Wildman–Crippen LogP) is 2.03. The van der Waals surface area contributed by atoms with Crippen LogP contribution >= 0.6 is 0 Å². The first-order valence-electron chi connectivity index (χ1n) is 6.94. The van der Waals surface area contributed by atoms with Crippen molar-refractivity contribution < 1.29 is 19.4 Å². The van der Waals surface area contributed by atoms with Crippen LogP contribution in [0.3, 0.4) is 0 Å². The maximum absolute atomic E-state index is 12.1. The van der Waals surface area contributed by atoms with E-state index in [1.54, 1.807) is 18.1 Å². The van der Waals surface area contributed by atoms with Crippen LogP contribution in [0.25, 0.3) is 6.08 Å². The summed E-state index contributed by atoms with van der Waals surface area (Å²) in [7, 11) is 1.59. The first-order chi connectivity index (χ1) is 10.1. The molecule has 1 saturated heterocycles. The Morgan fingerprint density at radius 2 is 2.24 bits per heavy atom. The van der Waals surface area contributed by atoms with E-state index in [1.807, 2.05) is 24.3 Å². The van der Waals surface area contributed by atoms with Crippen molar-refractivity contribution in [3.8, 4) is 5.75 Å². The van der Waals surface area contributed by atoms with Gasteiger partial charge in [-0.1, -0.05) is 12.1 Å². The lowest BCUT2D eigenvalue weighted by atomic mass is 9.98. The number of methoxy groups -OCH3 is 1. The average Bonchev–Trinajstić information content (AvgIpc) is 2.53. The van der Waals surface area contributed by atoms with Gasteiger partial charge in [0.1, 0.15) is 5.75 Å². The summed E-state index contributed by atoms with van der Waals surface area (Å²) in [6.45, 7) is 0.904. The third-order valence-corrected chi connectivity index (χ3v) is 3.59. The molecule has 1 aromatic rings. The number of carboxylic acids is 1. The smallest absolute Gasteiger partial charge is 0.308 e. The van der Waals surface area contributed by atoms with Gasteiger partial charge in [0.15, 0.2) is 0 Å². The molecule has 1 aromatic carbocycles. The summed E-state index contributed by atoms with van der Waals surface area (Å²) in [5, 5.41) is 9.03. The molecule has 2 rings (SSSR count). The van der Waals surface area contributed by atoms with Gasteiger partial charge in [0, 0.05) is 19.2 Å². The summed E-state index contributed by atoms with van der Waals surface area (Å²) in [4.78, 5) is 24.7. The summed E-state index contributed by atoms with van der Waals surface area (Å²) in [6.07, 6.45) is 4.57. The van der Waals surface area contributed by atoms with Crippen molar-refractivity contribution >= 4 is 18.0 Å². The predicted molar refractivity (Wildman–Crippen MR) is 79.0 cm³/mol. The van der Waals surface area contributed by atoms with Gasteiger partial charge in [0.2, 0.25) is 5.91 Å². The fourth-order valence-corrected chi connectivity index (χ4v) is 2.40. The molecule has 0 bridgehead atoms. The summed E-state index contributed by atoms with van der Waals surface area (Å²) in [5.41, 5.74) is 0.870. The molecule has 1 aliphatic rings. The number of carbonyl (C=O) groups excluding carboxylic acids is 1. The number of hydrogen-bond donors (Lipinski definition) is 1. The average molecular weight is 289 g/mol. The highest BCUT2D eigenvalue weighted by Gasteiger charge is 2.26. The van der Waals surface area contributed by atoms with E-state index in [9.17, 15) is 9.59 Å². The first-order valence-corrected chi connectivity index (χ1v) is 6.94. The van der Waals surface area contributed by atoms with E-state index in [1.165, 1.54) is 6.08 Å². The molecule has 112 valence electrons. The number of piperidine rings is 1. The van der Waals surface area contributed by atoms with Crippen molar-refractivity contribution in [2.45, 2.75) is 12.8 Å². The van der Waals surface area contributed by atoms with E-state index >= 15 is 0 Å². The molecule has 1 unspecified atom stereocenters. The molecule has 0 radical (unpaired) electrons. The monoisotopic (exact) mass is 289 g/mol. The van der Waals surface area contributed by atoms with Gasteiger partial charge in [-0.05, 0) is 36.6 Å². The molecular weight excluding hydrogens is 270 g/mol. The van der Waals surface area contributed by atoms with E-state index in [0.717, 1.165) is 17.7 Å². The van der Waals surface area contributed by atoms with Gasteiger partial charge >= 0.3 is 5.97 Å². The van der Waals surface area contributed by atoms with Crippen LogP contribution in [-0.4, -0.2) is 42.1 Å². The van der Waals surface area contributed by atoms with Crippen LogP contribution in [-0.2, 0) is 9.59 Å². The largest absolute Gasteiger partial charge is 0.497 e. The Hall–Kier alpha value is -2.30. The molecule has 1 heterocycles. The fraction of sp³-hybridized carbons (Fsp3) is 0.375. The molecule has 1 fully saturated rings. The highest BCUT2D eigenvalue weighted by Crippen LogP contribution is 2.18. The normalized spacial score (nSPS) is 18.7.